The molecule has 3 heterocycles. The minimum atomic E-state index is -1.45. The standard InChI is InChI=1S/C23H22FN3O5/c1-15-5-2-3-7-19(15)26-11-12-27(23(14-26)30-21(28)22(29)31-23)10-4-6-18-17-9-8-16(24)13-20(17)32-25-18/h2-3,5,7-9,13H,4,6,10-12,14H2,1H3. The van der Waals surface area contributed by atoms with E-state index >= 15 is 0 Å². The Hall–Kier alpha value is -3.46. The molecule has 0 atom stereocenters. The van der Waals surface area contributed by atoms with Crippen LogP contribution in [0.25, 0.3) is 11.0 Å². The lowest BCUT2D eigenvalue weighted by Gasteiger charge is -2.45. The van der Waals surface area contributed by atoms with Crippen molar-refractivity contribution >= 4 is 28.6 Å². The maximum atomic E-state index is 13.4. The lowest BCUT2D eigenvalue weighted by atomic mass is 10.1. The number of aromatic nitrogens is 1. The second kappa shape index (κ2) is 7.90. The van der Waals surface area contributed by atoms with Crippen molar-refractivity contribution in [2.24, 2.45) is 0 Å². The maximum Gasteiger partial charge on any atom is 0.421 e. The molecule has 0 N–H and O–H groups in total. The van der Waals surface area contributed by atoms with Crippen LogP contribution in [0.1, 0.15) is 17.7 Å². The first-order valence-corrected chi connectivity index (χ1v) is 10.5. The largest absolute Gasteiger partial charge is 0.421 e. The van der Waals surface area contributed by atoms with Gasteiger partial charge in [0.25, 0.3) is 0 Å². The van der Waals surface area contributed by atoms with Gasteiger partial charge in [-0.05, 0) is 43.5 Å². The summed E-state index contributed by atoms with van der Waals surface area (Å²) >= 11 is 0. The highest BCUT2D eigenvalue weighted by Gasteiger charge is 2.55. The molecule has 2 saturated heterocycles. The predicted octanol–water partition coefficient (Wildman–Crippen LogP) is 2.78. The van der Waals surface area contributed by atoms with E-state index in [1.807, 2.05) is 36.1 Å². The van der Waals surface area contributed by atoms with Crippen LogP contribution in [0.3, 0.4) is 0 Å². The van der Waals surface area contributed by atoms with Gasteiger partial charge in [-0.3, -0.25) is 0 Å². The summed E-state index contributed by atoms with van der Waals surface area (Å²) in [4.78, 5) is 27.8. The number of aryl methyl sites for hydroxylation is 2. The zero-order valence-electron chi connectivity index (χ0n) is 17.5. The van der Waals surface area contributed by atoms with E-state index in [4.69, 9.17) is 14.0 Å². The van der Waals surface area contributed by atoms with Crippen molar-refractivity contribution in [1.82, 2.24) is 10.1 Å². The number of hydrogen-bond acceptors (Lipinski definition) is 8. The number of carbonyl (C=O) groups excluding carboxylic acids is 2. The van der Waals surface area contributed by atoms with Gasteiger partial charge in [0, 0.05) is 36.8 Å². The van der Waals surface area contributed by atoms with Gasteiger partial charge in [-0.25, -0.2) is 18.9 Å². The summed E-state index contributed by atoms with van der Waals surface area (Å²) in [6.07, 6.45) is 1.23. The summed E-state index contributed by atoms with van der Waals surface area (Å²) < 4.78 is 29.5. The summed E-state index contributed by atoms with van der Waals surface area (Å²) in [5.74, 6) is -3.79. The molecule has 5 rings (SSSR count). The molecule has 0 amide bonds. The third-order valence-corrected chi connectivity index (χ3v) is 5.99. The van der Waals surface area contributed by atoms with Crippen LogP contribution in [-0.4, -0.2) is 54.1 Å². The molecule has 32 heavy (non-hydrogen) atoms. The molecular formula is C23H22FN3O5. The Morgan fingerprint density at radius 3 is 2.66 bits per heavy atom. The van der Waals surface area contributed by atoms with Gasteiger partial charge in [-0.1, -0.05) is 23.4 Å². The van der Waals surface area contributed by atoms with Crippen molar-refractivity contribution in [3.8, 4) is 0 Å². The molecule has 3 aromatic rings. The molecule has 0 radical (unpaired) electrons. The summed E-state index contributed by atoms with van der Waals surface area (Å²) in [6.45, 7) is 3.97. The first kappa shape index (κ1) is 20.4. The van der Waals surface area contributed by atoms with Crippen molar-refractivity contribution in [2.45, 2.75) is 25.7 Å². The lowest BCUT2D eigenvalue weighted by molar-refractivity contribution is -0.250. The average molecular weight is 439 g/mol. The van der Waals surface area contributed by atoms with Crippen molar-refractivity contribution in [3.05, 3.63) is 59.5 Å². The molecular weight excluding hydrogens is 417 g/mol. The van der Waals surface area contributed by atoms with Crippen LogP contribution in [0.15, 0.2) is 47.0 Å². The molecule has 2 aliphatic rings. The van der Waals surface area contributed by atoms with Gasteiger partial charge in [0.05, 0.1) is 5.69 Å². The quantitative estimate of drug-likeness (QED) is 0.443. The number of halogens is 1. The van der Waals surface area contributed by atoms with Crippen LogP contribution >= 0.6 is 0 Å². The zero-order chi connectivity index (χ0) is 22.3. The summed E-state index contributed by atoms with van der Waals surface area (Å²) in [7, 11) is 0. The fourth-order valence-electron chi connectivity index (χ4n) is 4.41. The van der Waals surface area contributed by atoms with Crippen LogP contribution in [0.5, 0.6) is 0 Å². The number of nitrogens with zero attached hydrogens (tertiary/aromatic N) is 3. The predicted molar refractivity (Wildman–Crippen MR) is 112 cm³/mol. The third-order valence-electron chi connectivity index (χ3n) is 5.99. The number of para-hydroxylation sites is 1. The van der Waals surface area contributed by atoms with E-state index in [9.17, 15) is 14.0 Å². The molecule has 1 spiro atoms. The van der Waals surface area contributed by atoms with Crippen LogP contribution in [0, 0.1) is 12.7 Å². The van der Waals surface area contributed by atoms with Gasteiger partial charge in [0.15, 0.2) is 5.58 Å². The molecule has 0 saturated carbocycles. The van der Waals surface area contributed by atoms with Crippen LogP contribution in [-0.2, 0) is 25.5 Å². The molecule has 2 fully saturated rings. The van der Waals surface area contributed by atoms with E-state index in [0.29, 0.717) is 38.1 Å². The highest BCUT2D eigenvalue weighted by atomic mass is 19.1. The van der Waals surface area contributed by atoms with Crippen LogP contribution in [0.4, 0.5) is 10.1 Å². The molecule has 2 aromatic carbocycles. The van der Waals surface area contributed by atoms with E-state index in [1.165, 1.54) is 12.1 Å². The highest BCUT2D eigenvalue weighted by Crippen LogP contribution is 2.33. The number of ether oxygens (including phenoxy) is 2. The van der Waals surface area contributed by atoms with E-state index in [1.54, 1.807) is 6.07 Å². The monoisotopic (exact) mass is 439 g/mol. The number of anilines is 1. The van der Waals surface area contributed by atoms with E-state index in [0.717, 1.165) is 22.3 Å². The molecule has 8 nitrogen and oxygen atoms in total. The minimum absolute atomic E-state index is 0.224. The Balaban J connectivity index is 1.32. The number of esters is 2. The summed E-state index contributed by atoms with van der Waals surface area (Å²) in [5.41, 5.74) is 3.22. The average Bonchev–Trinajstić information content (AvgIpc) is 3.29. The maximum absolute atomic E-state index is 13.4. The molecule has 0 bridgehead atoms. The Kier molecular flexibility index (Phi) is 5.05. The molecule has 2 aliphatic heterocycles. The second-order valence-electron chi connectivity index (χ2n) is 8.06. The van der Waals surface area contributed by atoms with Crippen LogP contribution in [0.2, 0.25) is 0 Å². The fourth-order valence-corrected chi connectivity index (χ4v) is 4.41. The van der Waals surface area contributed by atoms with Gasteiger partial charge in [-0.2, -0.15) is 0 Å². The SMILES string of the molecule is Cc1ccccc1N1CCN(CCCc2noc3cc(F)ccc23)C2(C1)OC(=O)C(=O)O2. The third kappa shape index (κ3) is 3.58. The Bertz CT molecular complexity index is 1180. The van der Waals surface area contributed by atoms with Crippen molar-refractivity contribution in [3.63, 3.8) is 0 Å². The fraction of sp³-hybridized carbons (Fsp3) is 0.348. The lowest BCUT2D eigenvalue weighted by Crippen LogP contribution is -2.63. The molecule has 0 unspecified atom stereocenters. The number of carbonyl (C=O) groups is 2. The number of hydrogen-bond donors (Lipinski definition) is 0. The Morgan fingerprint density at radius 2 is 1.88 bits per heavy atom. The molecule has 166 valence electrons. The van der Waals surface area contributed by atoms with Gasteiger partial charge in [-0.15, -0.1) is 0 Å². The normalized spacial score (nSPS) is 18.4. The number of piperazine rings is 1. The second-order valence-corrected chi connectivity index (χ2v) is 8.06. The first-order valence-electron chi connectivity index (χ1n) is 10.5. The van der Waals surface area contributed by atoms with Gasteiger partial charge in [0.1, 0.15) is 12.4 Å². The van der Waals surface area contributed by atoms with E-state index < -0.39 is 17.8 Å². The van der Waals surface area contributed by atoms with Crippen molar-refractivity contribution in [2.75, 3.05) is 31.1 Å². The van der Waals surface area contributed by atoms with E-state index in [-0.39, 0.29) is 12.4 Å². The number of fused-ring (bicyclic) bond motifs is 1. The topological polar surface area (TPSA) is 85.1 Å². The molecule has 1 aromatic heterocycles. The molecule has 9 heteroatoms. The van der Waals surface area contributed by atoms with Gasteiger partial charge < -0.3 is 18.9 Å². The van der Waals surface area contributed by atoms with Crippen molar-refractivity contribution in [1.29, 1.82) is 0 Å². The number of rotatable bonds is 5. The zero-order valence-corrected chi connectivity index (χ0v) is 17.5. The molecule has 0 aliphatic carbocycles. The Labute approximate surface area is 183 Å². The summed E-state index contributed by atoms with van der Waals surface area (Å²) in [5, 5.41) is 4.82. The van der Waals surface area contributed by atoms with Gasteiger partial charge >= 0.3 is 17.8 Å². The van der Waals surface area contributed by atoms with Crippen LogP contribution < -0.4 is 4.90 Å². The highest BCUT2D eigenvalue weighted by molar-refractivity contribution is 6.31. The minimum Gasteiger partial charge on any atom is -0.398 e. The summed E-state index contributed by atoms with van der Waals surface area (Å²) in [6, 6.07) is 12.2. The van der Waals surface area contributed by atoms with Gasteiger partial charge in [0.2, 0.25) is 0 Å². The first-order chi connectivity index (χ1) is 15.4. The van der Waals surface area contributed by atoms with Crippen molar-refractivity contribution < 1.29 is 28.0 Å². The number of benzene rings is 2. The Morgan fingerprint density at radius 1 is 1.09 bits per heavy atom. The smallest absolute Gasteiger partial charge is 0.398 e. The van der Waals surface area contributed by atoms with E-state index in [2.05, 4.69) is 10.1 Å².